The maximum Gasteiger partial charge on any atom is 0.416 e. The van der Waals surface area contributed by atoms with E-state index in [4.69, 9.17) is 9.47 Å². The van der Waals surface area contributed by atoms with Crippen LogP contribution in [0.2, 0.25) is 0 Å². The molecule has 1 aliphatic rings. The molecule has 1 N–H and O–H groups in total. The smallest absolute Gasteiger partial charge is 0.416 e. The van der Waals surface area contributed by atoms with Crippen LogP contribution in [0.25, 0.3) is 0 Å². The van der Waals surface area contributed by atoms with Gasteiger partial charge in [-0.05, 0) is 46.3 Å². The lowest BCUT2D eigenvalue weighted by molar-refractivity contribution is -0.137. The summed E-state index contributed by atoms with van der Waals surface area (Å²) in [5.74, 6) is -1.47. The monoisotopic (exact) mass is 486 g/mol. The summed E-state index contributed by atoms with van der Waals surface area (Å²) in [6, 6.07) is 9.68. The van der Waals surface area contributed by atoms with E-state index in [-0.39, 0.29) is 11.3 Å². The van der Waals surface area contributed by atoms with Crippen LogP contribution in [0.1, 0.15) is 15.9 Å². The number of hydrogen-bond acceptors (Lipinski definition) is 5. The number of halogens is 4. The molecule has 1 saturated heterocycles. The fourth-order valence-corrected chi connectivity index (χ4v) is 3.36. The molecule has 6 nitrogen and oxygen atoms in total. The molecule has 0 spiro atoms. The van der Waals surface area contributed by atoms with Gasteiger partial charge in [-0.1, -0.05) is 12.1 Å². The molecule has 1 fully saturated rings. The fourth-order valence-electron chi connectivity index (χ4n) is 2.91. The van der Waals surface area contributed by atoms with Gasteiger partial charge in [0, 0.05) is 17.6 Å². The lowest BCUT2D eigenvalue weighted by Crippen LogP contribution is -2.37. The van der Waals surface area contributed by atoms with Gasteiger partial charge in [-0.15, -0.1) is 0 Å². The Morgan fingerprint density at radius 3 is 2.50 bits per heavy atom. The van der Waals surface area contributed by atoms with Crippen molar-refractivity contribution >= 4 is 39.2 Å². The number of esters is 1. The van der Waals surface area contributed by atoms with Gasteiger partial charge in [-0.3, -0.25) is 4.79 Å². The highest BCUT2D eigenvalue weighted by atomic mass is 79.9. The Morgan fingerprint density at radius 1 is 1.13 bits per heavy atom. The van der Waals surface area contributed by atoms with Crippen molar-refractivity contribution in [1.29, 1.82) is 0 Å². The third kappa shape index (κ3) is 5.51. The van der Waals surface area contributed by atoms with Crippen LogP contribution < -0.4 is 10.2 Å². The lowest BCUT2D eigenvalue weighted by Gasteiger charge is -2.31. The molecule has 0 aromatic heterocycles. The molecule has 1 aliphatic heterocycles. The number of nitrogens with zero attached hydrogens (tertiary/aromatic N) is 1. The van der Waals surface area contributed by atoms with Gasteiger partial charge in [-0.25, -0.2) is 4.79 Å². The maximum absolute atomic E-state index is 13.1. The minimum absolute atomic E-state index is 0.00587. The molecule has 10 heteroatoms. The first-order valence-corrected chi connectivity index (χ1v) is 9.80. The van der Waals surface area contributed by atoms with Gasteiger partial charge in [0.15, 0.2) is 6.61 Å². The van der Waals surface area contributed by atoms with E-state index in [1.54, 1.807) is 18.2 Å². The zero-order chi connectivity index (χ0) is 21.7. The number of rotatable bonds is 5. The summed E-state index contributed by atoms with van der Waals surface area (Å²) in [5, 5.41) is 2.43. The highest BCUT2D eigenvalue weighted by Crippen LogP contribution is 2.35. The predicted molar refractivity (Wildman–Crippen MR) is 108 cm³/mol. The van der Waals surface area contributed by atoms with E-state index in [2.05, 4.69) is 21.2 Å². The summed E-state index contributed by atoms with van der Waals surface area (Å²) in [6.07, 6.45) is -4.56. The second-order valence-corrected chi connectivity index (χ2v) is 7.29. The van der Waals surface area contributed by atoms with Gasteiger partial charge in [0.2, 0.25) is 0 Å². The Bertz CT molecular complexity index is 931. The molecule has 0 atom stereocenters. The van der Waals surface area contributed by atoms with Crippen molar-refractivity contribution in [3.05, 3.63) is 58.1 Å². The topological polar surface area (TPSA) is 67.9 Å². The van der Waals surface area contributed by atoms with Gasteiger partial charge in [0.05, 0.1) is 35.7 Å². The molecule has 0 saturated carbocycles. The van der Waals surface area contributed by atoms with Crippen LogP contribution in [0.5, 0.6) is 0 Å². The standard InChI is InChI=1S/C20H18BrF3N2O4/c21-15-4-2-1-3-14(15)19(28)30-12-18(27)25-16-11-13(20(22,23)24)5-6-17(16)26-7-9-29-10-8-26/h1-6,11H,7-10,12H2,(H,25,27). The van der Waals surface area contributed by atoms with Gasteiger partial charge < -0.3 is 19.7 Å². The quantitative estimate of drug-likeness (QED) is 0.644. The summed E-state index contributed by atoms with van der Waals surface area (Å²) >= 11 is 3.21. The third-order valence-electron chi connectivity index (χ3n) is 4.38. The predicted octanol–water partition coefficient (Wildman–Crippen LogP) is 4.10. The van der Waals surface area contributed by atoms with E-state index in [1.165, 1.54) is 12.1 Å². The number of amides is 1. The summed E-state index contributed by atoms with van der Waals surface area (Å²) in [6.45, 7) is 1.17. The van der Waals surface area contributed by atoms with Crippen molar-refractivity contribution in [1.82, 2.24) is 0 Å². The number of carbonyl (C=O) groups is 2. The average molecular weight is 487 g/mol. The summed E-state index contributed by atoms with van der Waals surface area (Å²) in [4.78, 5) is 26.2. The molecule has 1 amide bonds. The molecular formula is C20H18BrF3N2O4. The zero-order valence-corrected chi connectivity index (χ0v) is 17.3. The first kappa shape index (κ1) is 22.1. The Kier molecular flexibility index (Phi) is 6.99. The van der Waals surface area contributed by atoms with Crippen LogP contribution in [0.3, 0.4) is 0 Å². The summed E-state index contributed by atoms with van der Waals surface area (Å²) in [5.41, 5.74) is -0.219. The molecule has 0 aliphatic carbocycles. The van der Waals surface area contributed by atoms with E-state index in [1.807, 2.05) is 4.90 Å². The molecule has 2 aromatic rings. The fraction of sp³-hybridized carbons (Fsp3) is 0.300. The highest BCUT2D eigenvalue weighted by Gasteiger charge is 2.32. The average Bonchev–Trinajstić information content (AvgIpc) is 2.72. The van der Waals surface area contributed by atoms with Gasteiger partial charge in [0.1, 0.15) is 0 Å². The van der Waals surface area contributed by atoms with Crippen molar-refractivity contribution in [2.24, 2.45) is 0 Å². The first-order valence-electron chi connectivity index (χ1n) is 9.01. The largest absolute Gasteiger partial charge is 0.452 e. The Hall–Kier alpha value is -2.59. The second-order valence-electron chi connectivity index (χ2n) is 6.43. The van der Waals surface area contributed by atoms with E-state index in [0.29, 0.717) is 36.5 Å². The van der Waals surface area contributed by atoms with Crippen LogP contribution in [0.15, 0.2) is 46.9 Å². The van der Waals surface area contributed by atoms with Crippen molar-refractivity contribution in [2.45, 2.75) is 6.18 Å². The SMILES string of the molecule is O=C(COC(=O)c1ccccc1Br)Nc1cc(C(F)(F)F)ccc1N1CCOCC1. The Morgan fingerprint density at radius 2 is 1.83 bits per heavy atom. The van der Waals surface area contributed by atoms with Crippen molar-refractivity contribution < 1.29 is 32.2 Å². The molecule has 1 heterocycles. The van der Waals surface area contributed by atoms with Crippen LogP contribution in [-0.2, 0) is 20.4 Å². The normalized spacial score (nSPS) is 14.3. The Balaban J connectivity index is 1.73. The number of anilines is 2. The number of carbonyl (C=O) groups excluding carboxylic acids is 2. The number of alkyl halides is 3. The van der Waals surface area contributed by atoms with E-state index >= 15 is 0 Å². The minimum Gasteiger partial charge on any atom is -0.452 e. The minimum atomic E-state index is -4.56. The van der Waals surface area contributed by atoms with Crippen LogP contribution in [0, 0.1) is 0 Å². The lowest BCUT2D eigenvalue weighted by atomic mass is 10.1. The van der Waals surface area contributed by atoms with Crippen molar-refractivity contribution in [3.8, 4) is 0 Å². The van der Waals surface area contributed by atoms with E-state index in [0.717, 1.165) is 12.1 Å². The second kappa shape index (κ2) is 9.48. The number of hydrogen-bond donors (Lipinski definition) is 1. The Labute approximate surface area is 179 Å². The number of nitrogens with one attached hydrogen (secondary N) is 1. The molecule has 30 heavy (non-hydrogen) atoms. The number of benzene rings is 2. The molecule has 160 valence electrons. The van der Waals surface area contributed by atoms with Crippen LogP contribution in [-0.4, -0.2) is 44.8 Å². The maximum atomic E-state index is 13.1. The number of ether oxygens (including phenoxy) is 2. The third-order valence-corrected chi connectivity index (χ3v) is 5.07. The number of morpholine rings is 1. The zero-order valence-electron chi connectivity index (χ0n) is 15.7. The van der Waals surface area contributed by atoms with Gasteiger partial charge in [0.25, 0.3) is 5.91 Å². The summed E-state index contributed by atoms with van der Waals surface area (Å²) < 4.78 is 50.2. The summed E-state index contributed by atoms with van der Waals surface area (Å²) in [7, 11) is 0. The van der Waals surface area contributed by atoms with Gasteiger partial charge >= 0.3 is 12.1 Å². The van der Waals surface area contributed by atoms with Gasteiger partial charge in [-0.2, -0.15) is 13.2 Å². The molecule has 0 unspecified atom stereocenters. The molecule has 3 rings (SSSR count). The van der Waals surface area contributed by atoms with E-state index < -0.39 is 30.2 Å². The van der Waals surface area contributed by atoms with E-state index in [9.17, 15) is 22.8 Å². The van der Waals surface area contributed by atoms with Crippen LogP contribution in [0.4, 0.5) is 24.5 Å². The van der Waals surface area contributed by atoms with Crippen LogP contribution >= 0.6 is 15.9 Å². The molecule has 2 aromatic carbocycles. The van der Waals surface area contributed by atoms with Crippen molar-refractivity contribution in [2.75, 3.05) is 43.1 Å². The van der Waals surface area contributed by atoms with Crippen molar-refractivity contribution in [3.63, 3.8) is 0 Å². The molecule has 0 radical (unpaired) electrons. The molecule has 0 bridgehead atoms. The highest BCUT2D eigenvalue weighted by molar-refractivity contribution is 9.10. The first-order chi connectivity index (χ1) is 14.3. The molecular weight excluding hydrogens is 469 g/mol.